The number of nitrogens with zero attached hydrogens (tertiary/aromatic N) is 2. The Labute approximate surface area is 124 Å². The molecule has 0 radical (unpaired) electrons. The van der Waals surface area contributed by atoms with Crippen molar-refractivity contribution in [3.05, 3.63) is 29.8 Å². The van der Waals surface area contributed by atoms with E-state index in [-0.39, 0.29) is 17.7 Å². The second kappa shape index (κ2) is 5.68. The van der Waals surface area contributed by atoms with Crippen molar-refractivity contribution in [3.63, 3.8) is 0 Å². The molecule has 0 aromatic heterocycles. The molecule has 0 spiro atoms. The fourth-order valence-electron chi connectivity index (χ4n) is 2.89. The van der Waals surface area contributed by atoms with Crippen LogP contribution in [0.3, 0.4) is 0 Å². The molecule has 1 N–H and O–H groups in total. The number of hydrogen-bond acceptors (Lipinski definition) is 3. The van der Waals surface area contributed by atoms with E-state index in [1.54, 1.807) is 0 Å². The van der Waals surface area contributed by atoms with Gasteiger partial charge in [-0.1, -0.05) is 19.1 Å². The summed E-state index contributed by atoms with van der Waals surface area (Å²) < 4.78 is 0. The SMILES string of the molecule is CC1CC(=O)NN=C1c1ccc(N2CCCCC2=O)cc1. The van der Waals surface area contributed by atoms with Crippen LogP contribution in [0.1, 0.15) is 38.2 Å². The highest BCUT2D eigenvalue weighted by molar-refractivity contribution is 6.06. The van der Waals surface area contributed by atoms with Crippen LogP contribution in [0.2, 0.25) is 0 Å². The first kappa shape index (κ1) is 13.8. The molecule has 0 saturated carbocycles. The number of anilines is 1. The van der Waals surface area contributed by atoms with Crippen molar-refractivity contribution in [2.45, 2.75) is 32.6 Å². The number of nitrogens with one attached hydrogen (secondary N) is 1. The fourth-order valence-corrected chi connectivity index (χ4v) is 2.89. The number of hydrazone groups is 1. The van der Waals surface area contributed by atoms with Crippen LogP contribution in [-0.4, -0.2) is 24.1 Å². The molecule has 0 bridgehead atoms. The second-order valence-corrected chi connectivity index (χ2v) is 5.69. The van der Waals surface area contributed by atoms with Gasteiger partial charge in [0.2, 0.25) is 11.8 Å². The summed E-state index contributed by atoms with van der Waals surface area (Å²) in [6.45, 7) is 2.80. The molecule has 2 aliphatic rings. The zero-order chi connectivity index (χ0) is 14.8. The van der Waals surface area contributed by atoms with E-state index in [1.165, 1.54) is 0 Å². The number of piperidine rings is 1. The maximum absolute atomic E-state index is 11.9. The van der Waals surface area contributed by atoms with E-state index in [2.05, 4.69) is 10.5 Å². The van der Waals surface area contributed by atoms with Gasteiger partial charge in [-0.15, -0.1) is 0 Å². The highest BCUT2D eigenvalue weighted by atomic mass is 16.2. The molecular formula is C16H19N3O2. The van der Waals surface area contributed by atoms with Gasteiger partial charge in [0.15, 0.2) is 0 Å². The third-order valence-electron chi connectivity index (χ3n) is 4.06. The summed E-state index contributed by atoms with van der Waals surface area (Å²) in [5, 5.41) is 4.16. The van der Waals surface area contributed by atoms with E-state index in [0.29, 0.717) is 12.8 Å². The highest BCUT2D eigenvalue weighted by Crippen LogP contribution is 2.23. The lowest BCUT2D eigenvalue weighted by Crippen LogP contribution is -2.35. The van der Waals surface area contributed by atoms with Gasteiger partial charge in [-0.05, 0) is 30.5 Å². The van der Waals surface area contributed by atoms with Gasteiger partial charge in [0.25, 0.3) is 0 Å². The predicted octanol–water partition coefficient (Wildman–Crippen LogP) is 2.06. The van der Waals surface area contributed by atoms with Gasteiger partial charge in [0.05, 0.1) is 5.71 Å². The van der Waals surface area contributed by atoms with Crippen LogP contribution in [0.25, 0.3) is 0 Å². The minimum atomic E-state index is -0.0400. The fraction of sp³-hybridized carbons (Fsp3) is 0.438. The molecule has 110 valence electrons. The minimum Gasteiger partial charge on any atom is -0.312 e. The molecule has 1 unspecified atom stereocenters. The molecule has 1 saturated heterocycles. The number of hydrogen-bond donors (Lipinski definition) is 1. The zero-order valence-corrected chi connectivity index (χ0v) is 12.1. The topological polar surface area (TPSA) is 61.8 Å². The van der Waals surface area contributed by atoms with Crippen molar-refractivity contribution in [1.29, 1.82) is 0 Å². The Morgan fingerprint density at radius 1 is 1.19 bits per heavy atom. The van der Waals surface area contributed by atoms with E-state index < -0.39 is 0 Å². The molecule has 1 aromatic carbocycles. The number of carbonyl (C=O) groups excluding carboxylic acids is 2. The molecule has 5 heteroatoms. The lowest BCUT2D eigenvalue weighted by molar-refractivity contribution is -0.122. The van der Waals surface area contributed by atoms with E-state index in [1.807, 2.05) is 36.1 Å². The van der Waals surface area contributed by atoms with Crippen LogP contribution in [0.15, 0.2) is 29.4 Å². The van der Waals surface area contributed by atoms with Gasteiger partial charge in [-0.25, -0.2) is 5.43 Å². The molecule has 1 aromatic rings. The summed E-state index contributed by atoms with van der Waals surface area (Å²) in [5.74, 6) is 0.271. The van der Waals surface area contributed by atoms with Crippen molar-refractivity contribution in [2.24, 2.45) is 11.0 Å². The van der Waals surface area contributed by atoms with Gasteiger partial charge in [0.1, 0.15) is 0 Å². The summed E-state index contributed by atoms with van der Waals surface area (Å²) in [7, 11) is 0. The third-order valence-corrected chi connectivity index (χ3v) is 4.06. The minimum absolute atomic E-state index is 0.0400. The largest absolute Gasteiger partial charge is 0.312 e. The van der Waals surface area contributed by atoms with E-state index >= 15 is 0 Å². The lowest BCUT2D eigenvalue weighted by atomic mass is 9.94. The average molecular weight is 285 g/mol. The van der Waals surface area contributed by atoms with Gasteiger partial charge in [-0.2, -0.15) is 5.10 Å². The summed E-state index contributed by atoms with van der Waals surface area (Å²) in [6, 6.07) is 7.88. The summed E-state index contributed by atoms with van der Waals surface area (Å²) >= 11 is 0. The highest BCUT2D eigenvalue weighted by Gasteiger charge is 2.23. The van der Waals surface area contributed by atoms with Crippen molar-refractivity contribution < 1.29 is 9.59 Å². The smallest absolute Gasteiger partial charge is 0.240 e. The van der Waals surface area contributed by atoms with E-state index in [4.69, 9.17) is 0 Å². The van der Waals surface area contributed by atoms with Crippen LogP contribution in [0, 0.1) is 5.92 Å². The van der Waals surface area contributed by atoms with Gasteiger partial charge < -0.3 is 4.90 Å². The van der Waals surface area contributed by atoms with Crippen molar-refractivity contribution in [3.8, 4) is 0 Å². The van der Waals surface area contributed by atoms with Crippen LogP contribution < -0.4 is 10.3 Å². The van der Waals surface area contributed by atoms with Crippen LogP contribution in [0.5, 0.6) is 0 Å². The first-order valence-electron chi connectivity index (χ1n) is 7.42. The van der Waals surface area contributed by atoms with Crippen molar-refractivity contribution >= 4 is 23.2 Å². The van der Waals surface area contributed by atoms with Crippen LogP contribution in [-0.2, 0) is 9.59 Å². The summed E-state index contributed by atoms with van der Waals surface area (Å²) in [5.41, 5.74) is 5.36. The van der Waals surface area contributed by atoms with Crippen LogP contribution in [0.4, 0.5) is 5.69 Å². The molecule has 1 atom stereocenters. The Balaban J connectivity index is 1.81. The first-order valence-corrected chi connectivity index (χ1v) is 7.42. The van der Waals surface area contributed by atoms with Crippen molar-refractivity contribution in [2.75, 3.05) is 11.4 Å². The molecule has 2 aliphatic heterocycles. The second-order valence-electron chi connectivity index (χ2n) is 5.69. The average Bonchev–Trinajstić information content (AvgIpc) is 2.48. The Kier molecular flexibility index (Phi) is 3.73. The maximum Gasteiger partial charge on any atom is 0.240 e. The third kappa shape index (κ3) is 2.82. The van der Waals surface area contributed by atoms with E-state index in [9.17, 15) is 9.59 Å². The van der Waals surface area contributed by atoms with Crippen LogP contribution >= 0.6 is 0 Å². The maximum atomic E-state index is 11.9. The Hall–Kier alpha value is -2.17. The standard InChI is InChI=1S/C16H19N3O2/c1-11-10-14(20)17-18-16(11)12-5-7-13(8-6-12)19-9-3-2-4-15(19)21/h5-8,11H,2-4,9-10H2,1H3,(H,17,20). The molecule has 5 nitrogen and oxygen atoms in total. The normalized spacial score (nSPS) is 22.8. The quantitative estimate of drug-likeness (QED) is 0.904. The van der Waals surface area contributed by atoms with E-state index in [0.717, 1.165) is 36.3 Å². The number of rotatable bonds is 2. The molecule has 3 rings (SSSR count). The monoisotopic (exact) mass is 285 g/mol. The predicted molar refractivity (Wildman–Crippen MR) is 81.1 cm³/mol. The Bertz CT molecular complexity index is 592. The molecular weight excluding hydrogens is 266 g/mol. The molecule has 0 aliphatic carbocycles. The Morgan fingerprint density at radius 2 is 1.95 bits per heavy atom. The van der Waals surface area contributed by atoms with Gasteiger partial charge >= 0.3 is 0 Å². The van der Waals surface area contributed by atoms with Crippen molar-refractivity contribution in [1.82, 2.24) is 5.43 Å². The number of amides is 2. The lowest BCUT2D eigenvalue weighted by Gasteiger charge is -2.27. The number of benzene rings is 1. The molecule has 2 amide bonds. The number of carbonyl (C=O) groups is 2. The van der Waals surface area contributed by atoms with Gasteiger partial charge in [0, 0.05) is 31.0 Å². The summed E-state index contributed by atoms with van der Waals surface area (Å²) in [6.07, 6.45) is 3.15. The van der Waals surface area contributed by atoms with Gasteiger partial charge in [-0.3, -0.25) is 9.59 Å². The Morgan fingerprint density at radius 3 is 2.62 bits per heavy atom. The summed E-state index contributed by atoms with van der Waals surface area (Å²) in [4.78, 5) is 25.1. The molecule has 21 heavy (non-hydrogen) atoms. The molecule has 1 fully saturated rings. The zero-order valence-electron chi connectivity index (χ0n) is 12.1. The first-order chi connectivity index (χ1) is 10.1. The molecule has 2 heterocycles.